The van der Waals surface area contributed by atoms with Crippen molar-refractivity contribution in [2.75, 3.05) is 20.3 Å². The van der Waals surface area contributed by atoms with Crippen molar-refractivity contribution >= 4 is 24.1 Å². The second kappa shape index (κ2) is 13.0. The minimum absolute atomic E-state index is 0.235. The zero-order valence-electron chi connectivity index (χ0n) is 19.5. The van der Waals surface area contributed by atoms with Crippen LogP contribution in [0.15, 0.2) is 0 Å². The van der Waals surface area contributed by atoms with Gasteiger partial charge in [-0.05, 0) is 60.8 Å². The van der Waals surface area contributed by atoms with Gasteiger partial charge in [-0.25, -0.2) is 14.4 Å². The molecule has 11 heteroatoms. The number of aliphatic hydroxyl groups is 1. The zero-order chi connectivity index (χ0) is 24.2. The largest absolute Gasteiger partial charge is 0.467 e. The van der Waals surface area contributed by atoms with Crippen molar-refractivity contribution in [2.45, 2.75) is 84.1 Å². The lowest BCUT2D eigenvalue weighted by Gasteiger charge is -2.24. The van der Waals surface area contributed by atoms with Crippen LogP contribution < -0.4 is 16.0 Å². The van der Waals surface area contributed by atoms with Crippen molar-refractivity contribution in [3.63, 3.8) is 0 Å². The second-order valence-electron chi connectivity index (χ2n) is 8.89. The van der Waals surface area contributed by atoms with Crippen molar-refractivity contribution < 1.29 is 38.5 Å². The molecule has 0 spiro atoms. The number of hydrogen-bond acceptors (Lipinski definition) is 8. The summed E-state index contributed by atoms with van der Waals surface area (Å²) in [5.74, 6) is -1.42. The first-order valence-corrected chi connectivity index (χ1v) is 10.1. The van der Waals surface area contributed by atoms with Gasteiger partial charge in [0.2, 0.25) is 5.91 Å². The van der Waals surface area contributed by atoms with Crippen molar-refractivity contribution in [3.8, 4) is 0 Å². The number of aliphatic hydroxyl groups excluding tert-OH is 1. The Labute approximate surface area is 183 Å². The molecule has 2 atom stereocenters. The van der Waals surface area contributed by atoms with Crippen molar-refractivity contribution in [1.29, 1.82) is 0 Å². The van der Waals surface area contributed by atoms with E-state index in [2.05, 4.69) is 16.0 Å². The Morgan fingerprint density at radius 3 is 1.87 bits per heavy atom. The second-order valence-corrected chi connectivity index (χ2v) is 8.89. The lowest BCUT2D eigenvalue weighted by atomic mass is 10.1. The molecule has 11 nitrogen and oxygen atoms in total. The van der Waals surface area contributed by atoms with Gasteiger partial charge < -0.3 is 35.3 Å². The molecule has 0 aromatic carbocycles. The molecule has 4 N–H and O–H groups in total. The first-order chi connectivity index (χ1) is 14.2. The predicted octanol–water partition coefficient (Wildman–Crippen LogP) is 1.22. The first-order valence-electron chi connectivity index (χ1n) is 10.1. The number of rotatable bonds is 10. The van der Waals surface area contributed by atoms with Gasteiger partial charge in [0.15, 0.2) is 0 Å². The maximum Gasteiger partial charge on any atom is 0.408 e. The lowest BCUT2D eigenvalue weighted by Crippen LogP contribution is -2.54. The summed E-state index contributed by atoms with van der Waals surface area (Å²) in [5, 5.41) is 16.8. The van der Waals surface area contributed by atoms with Gasteiger partial charge in [0.1, 0.15) is 23.3 Å². The van der Waals surface area contributed by atoms with Gasteiger partial charge in [-0.1, -0.05) is 0 Å². The molecular weight excluding hydrogens is 410 g/mol. The first kappa shape index (κ1) is 28.4. The Hall–Kier alpha value is -2.56. The smallest absolute Gasteiger partial charge is 0.408 e. The summed E-state index contributed by atoms with van der Waals surface area (Å²) in [4.78, 5) is 47.8. The van der Waals surface area contributed by atoms with E-state index in [1.54, 1.807) is 41.5 Å². The van der Waals surface area contributed by atoms with Crippen LogP contribution in [0, 0.1) is 0 Å². The van der Waals surface area contributed by atoms with Gasteiger partial charge >= 0.3 is 18.2 Å². The molecule has 0 unspecified atom stereocenters. The quantitative estimate of drug-likeness (QED) is 0.222. The molecule has 0 saturated heterocycles. The van der Waals surface area contributed by atoms with Crippen LogP contribution in [0.2, 0.25) is 0 Å². The Balaban J connectivity index is 4.63. The Morgan fingerprint density at radius 1 is 0.839 bits per heavy atom. The Kier molecular flexibility index (Phi) is 11.9. The van der Waals surface area contributed by atoms with E-state index in [4.69, 9.17) is 14.2 Å². The van der Waals surface area contributed by atoms with Crippen molar-refractivity contribution in [3.05, 3.63) is 0 Å². The highest BCUT2D eigenvalue weighted by Crippen LogP contribution is 2.08. The lowest BCUT2D eigenvalue weighted by molar-refractivity contribution is -0.145. The summed E-state index contributed by atoms with van der Waals surface area (Å²) < 4.78 is 14.9. The number of methoxy groups -OCH3 is 1. The SMILES string of the molecule is COC(=O)[C@H](CCCCNC(=O)OC(C)(C)C)NC(=O)[C@H](CO)NC(=O)OC(C)(C)C. The fourth-order valence-corrected chi connectivity index (χ4v) is 2.29. The molecule has 180 valence electrons. The molecule has 0 rings (SSSR count). The summed E-state index contributed by atoms with van der Waals surface area (Å²) in [5.41, 5.74) is -1.37. The molecule has 3 amide bonds. The summed E-state index contributed by atoms with van der Waals surface area (Å²) >= 11 is 0. The highest BCUT2D eigenvalue weighted by Gasteiger charge is 2.28. The third kappa shape index (κ3) is 14.1. The standard InChI is InChI=1S/C20H37N3O8/c1-19(2,3)30-17(27)21-11-9-8-10-13(16(26)29-7)22-15(25)14(12-24)23-18(28)31-20(4,5)6/h13-14,24H,8-12H2,1-7H3,(H,21,27)(H,22,25)(H,23,28)/t13-,14-/m0/s1. The Morgan fingerprint density at radius 2 is 1.39 bits per heavy atom. The molecule has 0 bridgehead atoms. The number of carbonyl (C=O) groups is 4. The van der Waals surface area contributed by atoms with E-state index in [9.17, 15) is 24.3 Å². The molecule has 0 aliphatic heterocycles. The summed E-state index contributed by atoms with van der Waals surface area (Å²) in [6.45, 7) is 9.90. The normalized spacial score (nSPS) is 13.4. The van der Waals surface area contributed by atoms with E-state index >= 15 is 0 Å². The number of carbonyl (C=O) groups excluding carboxylic acids is 4. The van der Waals surface area contributed by atoms with Gasteiger partial charge in [-0.3, -0.25) is 4.79 Å². The monoisotopic (exact) mass is 447 g/mol. The molecule has 0 aliphatic rings. The van der Waals surface area contributed by atoms with Gasteiger partial charge in [-0.2, -0.15) is 0 Å². The van der Waals surface area contributed by atoms with Crippen LogP contribution in [0.25, 0.3) is 0 Å². The Bertz CT molecular complexity index is 611. The van der Waals surface area contributed by atoms with Crippen LogP contribution in [-0.4, -0.2) is 72.7 Å². The summed E-state index contributed by atoms with van der Waals surface area (Å²) in [6.07, 6.45) is -0.158. The van der Waals surface area contributed by atoms with Crippen LogP contribution >= 0.6 is 0 Å². The number of alkyl carbamates (subject to hydrolysis) is 2. The van der Waals surface area contributed by atoms with Gasteiger partial charge in [0.25, 0.3) is 0 Å². The van der Waals surface area contributed by atoms with E-state index in [0.717, 1.165) is 0 Å². The van der Waals surface area contributed by atoms with E-state index in [0.29, 0.717) is 19.4 Å². The summed E-state index contributed by atoms with van der Waals surface area (Å²) in [7, 11) is 1.19. The fraction of sp³-hybridized carbons (Fsp3) is 0.800. The van der Waals surface area contributed by atoms with Crippen LogP contribution in [0.3, 0.4) is 0 Å². The molecule has 0 fully saturated rings. The molecule has 0 aliphatic carbocycles. The highest BCUT2D eigenvalue weighted by molar-refractivity contribution is 5.89. The average molecular weight is 448 g/mol. The van der Waals surface area contributed by atoms with Crippen LogP contribution in [0.5, 0.6) is 0 Å². The predicted molar refractivity (Wildman–Crippen MR) is 112 cm³/mol. The number of nitrogens with one attached hydrogen (secondary N) is 3. The number of amides is 3. The molecule has 0 aromatic heterocycles. The van der Waals surface area contributed by atoms with E-state index in [1.807, 2.05) is 0 Å². The number of esters is 1. The third-order valence-corrected chi connectivity index (χ3v) is 3.58. The van der Waals surface area contributed by atoms with Crippen molar-refractivity contribution in [2.24, 2.45) is 0 Å². The average Bonchev–Trinajstić information content (AvgIpc) is 2.61. The van der Waals surface area contributed by atoms with Gasteiger partial charge in [-0.15, -0.1) is 0 Å². The van der Waals surface area contributed by atoms with Crippen LogP contribution in [-0.2, 0) is 23.8 Å². The van der Waals surface area contributed by atoms with Crippen LogP contribution in [0.1, 0.15) is 60.8 Å². The van der Waals surface area contributed by atoms with Gasteiger partial charge in [0, 0.05) is 6.54 Å². The number of unbranched alkanes of at least 4 members (excludes halogenated alkanes) is 1. The van der Waals surface area contributed by atoms with Crippen molar-refractivity contribution in [1.82, 2.24) is 16.0 Å². The third-order valence-electron chi connectivity index (χ3n) is 3.58. The van der Waals surface area contributed by atoms with E-state index < -0.39 is 54.0 Å². The minimum Gasteiger partial charge on any atom is -0.467 e. The highest BCUT2D eigenvalue weighted by atomic mass is 16.6. The maximum atomic E-state index is 12.4. The molecule has 0 saturated carbocycles. The number of ether oxygens (including phenoxy) is 3. The molecule has 31 heavy (non-hydrogen) atoms. The fourth-order valence-electron chi connectivity index (χ4n) is 2.29. The van der Waals surface area contributed by atoms with Crippen LogP contribution in [0.4, 0.5) is 9.59 Å². The topological polar surface area (TPSA) is 152 Å². The molecule has 0 aromatic rings. The zero-order valence-corrected chi connectivity index (χ0v) is 19.5. The van der Waals surface area contributed by atoms with Gasteiger partial charge in [0.05, 0.1) is 13.7 Å². The van der Waals surface area contributed by atoms with E-state index in [-0.39, 0.29) is 6.42 Å². The summed E-state index contributed by atoms with van der Waals surface area (Å²) in [6, 6.07) is -2.27. The number of hydrogen-bond donors (Lipinski definition) is 4. The maximum absolute atomic E-state index is 12.4. The molecule has 0 heterocycles. The van der Waals surface area contributed by atoms with E-state index in [1.165, 1.54) is 7.11 Å². The molecule has 0 radical (unpaired) electrons. The molecular formula is C20H37N3O8. The minimum atomic E-state index is -1.30.